The summed E-state index contributed by atoms with van der Waals surface area (Å²) in [6.07, 6.45) is 0. The SMILES string of the molecule is Cc1ccc2ccc(C(C)C(C)C)nc2c1. The van der Waals surface area contributed by atoms with Crippen LogP contribution in [0.1, 0.15) is 37.9 Å². The monoisotopic (exact) mass is 213 g/mol. The van der Waals surface area contributed by atoms with E-state index >= 15 is 0 Å². The third-order valence-corrected chi connectivity index (χ3v) is 3.34. The van der Waals surface area contributed by atoms with Crippen molar-refractivity contribution in [3.05, 3.63) is 41.6 Å². The van der Waals surface area contributed by atoms with Crippen LogP contribution >= 0.6 is 0 Å². The summed E-state index contributed by atoms with van der Waals surface area (Å²) >= 11 is 0. The molecular formula is C15H19N. The van der Waals surface area contributed by atoms with Gasteiger partial charge in [-0.2, -0.15) is 0 Å². The Morgan fingerprint density at radius 1 is 1.00 bits per heavy atom. The quantitative estimate of drug-likeness (QED) is 0.724. The molecule has 0 saturated heterocycles. The third-order valence-electron chi connectivity index (χ3n) is 3.34. The summed E-state index contributed by atoms with van der Waals surface area (Å²) in [5.41, 5.74) is 3.59. The first-order chi connectivity index (χ1) is 7.58. The average molecular weight is 213 g/mol. The molecule has 1 aromatic carbocycles. The Hall–Kier alpha value is -1.37. The molecular weight excluding hydrogens is 194 g/mol. The van der Waals surface area contributed by atoms with Gasteiger partial charge in [-0.25, -0.2) is 0 Å². The summed E-state index contributed by atoms with van der Waals surface area (Å²) in [5.74, 6) is 1.15. The number of benzene rings is 1. The third kappa shape index (κ3) is 2.08. The Morgan fingerprint density at radius 2 is 1.69 bits per heavy atom. The Labute approximate surface area is 97.5 Å². The van der Waals surface area contributed by atoms with Crippen LogP contribution in [0.5, 0.6) is 0 Å². The molecule has 2 rings (SSSR count). The zero-order valence-electron chi connectivity index (χ0n) is 10.5. The van der Waals surface area contributed by atoms with Crippen molar-refractivity contribution in [2.45, 2.75) is 33.6 Å². The number of aryl methyl sites for hydroxylation is 1. The van der Waals surface area contributed by atoms with E-state index in [1.54, 1.807) is 0 Å². The number of pyridine rings is 1. The van der Waals surface area contributed by atoms with Gasteiger partial charge < -0.3 is 0 Å². The maximum Gasteiger partial charge on any atom is 0.0708 e. The fourth-order valence-electron chi connectivity index (χ4n) is 1.84. The Morgan fingerprint density at radius 3 is 2.38 bits per heavy atom. The number of hydrogen-bond acceptors (Lipinski definition) is 1. The van der Waals surface area contributed by atoms with Gasteiger partial charge in [-0.3, -0.25) is 4.98 Å². The second-order valence-corrected chi connectivity index (χ2v) is 4.96. The van der Waals surface area contributed by atoms with Crippen molar-refractivity contribution < 1.29 is 0 Å². The van der Waals surface area contributed by atoms with Gasteiger partial charge in [0.15, 0.2) is 0 Å². The van der Waals surface area contributed by atoms with Crippen molar-refractivity contribution in [1.29, 1.82) is 0 Å². The van der Waals surface area contributed by atoms with E-state index < -0.39 is 0 Å². The van der Waals surface area contributed by atoms with Crippen molar-refractivity contribution in [2.75, 3.05) is 0 Å². The van der Waals surface area contributed by atoms with Gasteiger partial charge in [-0.1, -0.05) is 39.0 Å². The number of fused-ring (bicyclic) bond motifs is 1. The summed E-state index contributed by atoms with van der Waals surface area (Å²) in [6.45, 7) is 8.84. The fourth-order valence-corrected chi connectivity index (χ4v) is 1.84. The van der Waals surface area contributed by atoms with Crippen LogP contribution < -0.4 is 0 Å². The van der Waals surface area contributed by atoms with Gasteiger partial charge >= 0.3 is 0 Å². The molecule has 2 aromatic rings. The lowest BCUT2D eigenvalue weighted by atomic mass is 9.94. The zero-order chi connectivity index (χ0) is 11.7. The molecule has 84 valence electrons. The summed E-state index contributed by atoms with van der Waals surface area (Å²) < 4.78 is 0. The van der Waals surface area contributed by atoms with Crippen LogP contribution in [-0.2, 0) is 0 Å². The smallest absolute Gasteiger partial charge is 0.0708 e. The predicted octanol–water partition coefficient (Wildman–Crippen LogP) is 4.30. The molecule has 0 aliphatic rings. The van der Waals surface area contributed by atoms with Crippen molar-refractivity contribution >= 4 is 10.9 Å². The van der Waals surface area contributed by atoms with Gasteiger partial charge in [-0.05, 0) is 30.5 Å². The first-order valence-electron chi connectivity index (χ1n) is 5.95. The van der Waals surface area contributed by atoms with E-state index in [0.29, 0.717) is 11.8 Å². The lowest BCUT2D eigenvalue weighted by molar-refractivity contribution is 0.525. The number of rotatable bonds is 2. The maximum absolute atomic E-state index is 4.76. The normalized spacial score (nSPS) is 13.3. The Bertz CT molecular complexity index is 500. The highest BCUT2D eigenvalue weighted by atomic mass is 14.7. The van der Waals surface area contributed by atoms with Crippen molar-refractivity contribution in [3.63, 3.8) is 0 Å². The molecule has 0 spiro atoms. The van der Waals surface area contributed by atoms with Crippen LogP contribution in [0.15, 0.2) is 30.3 Å². The Kier molecular flexibility index (Phi) is 2.95. The van der Waals surface area contributed by atoms with E-state index in [9.17, 15) is 0 Å². The molecule has 0 saturated carbocycles. The molecule has 1 aromatic heterocycles. The molecule has 16 heavy (non-hydrogen) atoms. The molecule has 1 atom stereocenters. The molecule has 0 bridgehead atoms. The number of aromatic nitrogens is 1. The topological polar surface area (TPSA) is 12.9 Å². The highest BCUT2D eigenvalue weighted by Gasteiger charge is 2.11. The van der Waals surface area contributed by atoms with Crippen molar-refractivity contribution in [3.8, 4) is 0 Å². The van der Waals surface area contributed by atoms with Crippen LogP contribution in [0.4, 0.5) is 0 Å². The molecule has 0 radical (unpaired) electrons. The lowest BCUT2D eigenvalue weighted by Crippen LogP contribution is -2.04. The van der Waals surface area contributed by atoms with Crippen LogP contribution in [0.25, 0.3) is 10.9 Å². The fraction of sp³-hybridized carbons (Fsp3) is 0.400. The zero-order valence-corrected chi connectivity index (χ0v) is 10.5. The highest BCUT2D eigenvalue weighted by molar-refractivity contribution is 5.79. The molecule has 0 amide bonds. The second-order valence-electron chi connectivity index (χ2n) is 4.96. The molecule has 1 heteroatoms. The summed E-state index contributed by atoms with van der Waals surface area (Å²) in [6, 6.07) is 10.8. The highest BCUT2D eigenvalue weighted by Crippen LogP contribution is 2.24. The van der Waals surface area contributed by atoms with Gasteiger partial charge in [0, 0.05) is 17.0 Å². The number of nitrogens with zero attached hydrogens (tertiary/aromatic N) is 1. The predicted molar refractivity (Wildman–Crippen MR) is 69.7 cm³/mol. The van der Waals surface area contributed by atoms with Gasteiger partial charge in [0.05, 0.1) is 5.52 Å². The molecule has 1 nitrogen and oxygen atoms in total. The van der Waals surface area contributed by atoms with Crippen LogP contribution in [0.2, 0.25) is 0 Å². The second kappa shape index (κ2) is 4.25. The molecule has 0 fully saturated rings. The largest absolute Gasteiger partial charge is 0.253 e. The van der Waals surface area contributed by atoms with Gasteiger partial charge in [0.1, 0.15) is 0 Å². The van der Waals surface area contributed by atoms with Crippen LogP contribution in [-0.4, -0.2) is 4.98 Å². The molecule has 1 heterocycles. The Balaban J connectivity index is 2.50. The maximum atomic E-state index is 4.76. The van der Waals surface area contributed by atoms with E-state index in [1.165, 1.54) is 16.6 Å². The van der Waals surface area contributed by atoms with Crippen molar-refractivity contribution in [1.82, 2.24) is 4.98 Å². The first kappa shape index (κ1) is 11.1. The van der Waals surface area contributed by atoms with E-state index in [2.05, 4.69) is 58.0 Å². The summed E-state index contributed by atoms with van der Waals surface area (Å²) in [4.78, 5) is 4.76. The van der Waals surface area contributed by atoms with Gasteiger partial charge in [-0.15, -0.1) is 0 Å². The first-order valence-corrected chi connectivity index (χ1v) is 5.95. The number of hydrogen-bond donors (Lipinski definition) is 0. The van der Waals surface area contributed by atoms with E-state index in [-0.39, 0.29) is 0 Å². The van der Waals surface area contributed by atoms with E-state index in [0.717, 1.165) is 5.52 Å². The van der Waals surface area contributed by atoms with Gasteiger partial charge in [0.25, 0.3) is 0 Å². The van der Waals surface area contributed by atoms with Crippen LogP contribution in [0, 0.1) is 12.8 Å². The molecule has 1 unspecified atom stereocenters. The van der Waals surface area contributed by atoms with E-state index in [4.69, 9.17) is 4.98 Å². The summed E-state index contributed by atoms with van der Waals surface area (Å²) in [5, 5.41) is 1.23. The average Bonchev–Trinajstić information content (AvgIpc) is 2.26. The van der Waals surface area contributed by atoms with Gasteiger partial charge in [0.2, 0.25) is 0 Å². The standard InChI is InChI=1S/C15H19N/c1-10(2)12(4)14-8-7-13-6-5-11(3)9-15(13)16-14/h5-10,12H,1-4H3. The lowest BCUT2D eigenvalue weighted by Gasteiger charge is -2.15. The molecule has 0 aliphatic carbocycles. The molecule has 0 aliphatic heterocycles. The van der Waals surface area contributed by atoms with Crippen molar-refractivity contribution in [2.24, 2.45) is 5.92 Å². The van der Waals surface area contributed by atoms with Crippen LogP contribution in [0.3, 0.4) is 0 Å². The van der Waals surface area contributed by atoms with E-state index in [1.807, 2.05) is 0 Å². The minimum absolute atomic E-state index is 0.518. The molecule has 0 N–H and O–H groups in total. The minimum atomic E-state index is 0.518. The minimum Gasteiger partial charge on any atom is -0.253 e. The summed E-state index contributed by atoms with van der Waals surface area (Å²) in [7, 11) is 0.